The second kappa shape index (κ2) is 7.60. The molecule has 0 saturated carbocycles. The van der Waals surface area contributed by atoms with Gasteiger partial charge in [-0.05, 0) is 11.6 Å². The molecule has 1 aliphatic rings. The van der Waals surface area contributed by atoms with E-state index in [9.17, 15) is 9.59 Å². The van der Waals surface area contributed by atoms with Crippen molar-refractivity contribution in [2.24, 2.45) is 0 Å². The van der Waals surface area contributed by atoms with Gasteiger partial charge in [0.2, 0.25) is 11.1 Å². The van der Waals surface area contributed by atoms with Crippen LogP contribution in [0.5, 0.6) is 0 Å². The van der Waals surface area contributed by atoms with E-state index in [0.29, 0.717) is 6.54 Å². The molecular formula is C10H18ClN3O2. The van der Waals surface area contributed by atoms with Gasteiger partial charge in [0.05, 0.1) is 0 Å². The van der Waals surface area contributed by atoms with Crippen molar-refractivity contribution in [3.63, 3.8) is 0 Å². The van der Waals surface area contributed by atoms with Gasteiger partial charge in [-0.2, -0.15) is 0 Å². The molecule has 6 heteroatoms. The van der Waals surface area contributed by atoms with E-state index in [4.69, 9.17) is 11.6 Å². The number of amides is 1. The first-order valence-electron chi connectivity index (χ1n) is 5.56. The highest BCUT2D eigenvalue weighted by molar-refractivity contribution is 6.63. The summed E-state index contributed by atoms with van der Waals surface area (Å²) in [4.78, 5) is 24.0. The van der Waals surface area contributed by atoms with Crippen LogP contribution in [0, 0.1) is 0 Å². The molecule has 0 unspecified atom stereocenters. The standard InChI is InChI=1S/C10H18ClN3O2/c11-9(15)1-2-10(16)13-5-8-14-6-3-12-4-7-14/h12H,1-8H2,(H,13,16). The first-order chi connectivity index (χ1) is 7.68. The molecule has 0 aromatic heterocycles. The number of halogens is 1. The molecule has 1 amide bonds. The molecule has 1 heterocycles. The maximum absolute atomic E-state index is 11.2. The zero-order valence-corrected chi connectivity index (χ0v) is 10.1. The average molecular weight is 248 g/mol. The minimum atomic E-state index is -0.461. The van der Waals surface area contributed by atoms with Crippen molar-refractivity contribution in [1.82, 2.24) is 15.5 Å². The number of piperazine rings is 1. The second-order valence-electron chi connectivity index (χ2n) is 3.80. The third kappa shape index (κ3) is 6.05. The zero-order valence-electron chi connectivity index (χ0n) is 9.30. The molecule has 0 bridgehead atoms. The number of carbonyl (C=O) groups excluding carboxylic acids is 2. The van der Waals surface area contributed by atoms with E-state index in [1.165, 1.54) is 0 Å². The van der Waals surface area contributed by atoms with Crippen LogP contribution in [0.25, 0.3) is 0 Å². The van der Waals surface area contributed by atoms with Crippen LogP contribution in [-0.4, -0.2) is 55.3 Å². The van der Waals surface area contributed by atoms with Crippen LogP contribution in [0.2, 0.25) is 0 Å². The number of nitrogens with one attached hydrogen (secondary N) is 2. The van der Waals surface area contributed by atoms with Crippen molar-refractivity contribution in [2.45, 2.75) is 12.8 Å². The Kier molecular flexibility index (Phi) is 6.37. The summed E-state index contributed by atoms with van der Waals surface area (Å²) in [5, 5.41) is 5.58. The Morgan fingerprint density at radius 1 is 1.25 bits per heavy atom. The van der Waals surface area contributed by atoms with Crippen molar-refractivity contribution >= 4 is 22.8 Å². The quantitative estimate of drug-likeness (QED) is 0.625. The Hall–Kier alpha value is -0.650. The van der Waals surface area contributed by atoms with E-state index in [2.05, 4.69) is 15.5 Å². The van der Waals surface area contributed by atoms with Crippen LogP contribution in [0.15, 0.2) is 0 Å². The van der Waals surface area contributed by atoms with Gasteiger partial charge in [0.25, 0.3) is 0 Å². The maximum Gasteiger partial charge on any atom is 0.222 e. The van der Waals surface area contributed by atoms with E-state index >= 15 is 0 Å². The molecule has 1 fully saturated rings. The fourth-order valence-corrected chi connectivity index (χ4v) is 1.68. The predicted octanol–water partition coefficient (Wildman–Crippen LogP) is -0.447. The minimum absolute atomic E-state index is 0.107. The third-order valence-electron chi connectivity index (χ3n) is 2.51. The lowest BCUT2D eigenvalue weighted by molar-refractivity contribution is -0.123. The number of hydrogen-bond donors (Lipinski definition) is 2. The normalized spacial score (nSPS) is 17.1. The van der Waals surface area contributed by atoms with E-state index < -0.39 is 5.24 Å². The van der Waals surface area contributed by atoms with Crippen molar-refractivity contribution in [1.29, 1.82) is 0 Å². The van der Waals surface area contributed by atoms with Gasteiger partial charge in [0.15, 0.2) is 0 Å². The number of carbonyl (C=O) groups is 2. The van der Waals surface area contributed by atoms with Crippen LogP contribution < -0.4 is 10.6 Å². The summed E-state index contributed by atoms with van der Waals surface area (Å²) in [6.45, 7) is 5.56. The molecule has 16 heavy (non-hydrogen) atoms. The van der Waals surface area contributed by atoms with Gasteiger partial charge in [0, 0.05) is 52.1 Å². The van der Waals surface area contributed by atoms with Crippen molar-refractivity contribution in [2.75, 3.05) is 39.3 Å². The van der Waals surface area contributed by atoms with Gasteiger partial charge in [-0.1, -0.05) is 0 Å². The largest absolute Gasteiger partial charge is 0.355 e. The summed E-state index contributed by atoms with van der Waals surface area (Å²) in [6, 6.07) is 0. The minimum Gasteiger partial charge on any atom is -0.355 e. The summed E-state index contributed by atoms with van der Waals surface area (Å²) in [5.74, 6) is -0.107. The van der Waals surface area contributed by atoms with Crippen molar-refractivity contribution in [3.05, 3.63) is 0 Å². The first kappa shape index (κ1) is 13.4. The van der Waals surface area contributed by atoms with Crippen LogP contribution >= 0.6 is 11.6 Å². The number of hydrogen-bond acceptors (Lipinski definition) is 4. The number of rotatable bonds is 6. The summed E-state index contributed by atoms with van der Waals surface area (Å²) in [5.41, 5.74) is 0. The van der Waals surface area contributed by atoms with E-state index in [-0.39, 0.29) is 18.7 Å². The molecule has 0 aromatic carbocycles. The lowest BCUT2D eigenvalue weighted by Crippen LogP contribution is -2.46. The van der Waals surface area contributed by atoms with Gasteiger partial charge < -0.3 is 10.6 Å². The van der Waals surface area contributed by atoms with Crippen LogP contribution in [0.3, 0.4) is 0 Å². The van der Waals surface area contributed by atoms with Gasteiger partial charge >= 0.3 is 0 Å². The lowest BCUT2D eigenvalue weighted by Gasteiger charge is -2.27. The molecule has 1 aliphatic heterocycles. The molecule has 1 rings (SSSR count). The van der Waals surface area contributed by atoms with E-state index in [1.807, 2.05) is 0 Å². The Balaban J connectivity index is 2.01. The molecule has 0 radical (unpaired) electrons. The Bertz CT molecular complexity index is 242. The van der Waals surface area contributed by atoms with E-state index in [1.54, 1.807) is 0 Å². The van der Waals surface area contributed by atoms with Gasteiger partial charge in [-0.25, -0.2) is 0 Å². The monoisotopic (exact) mass is 247 g/mol. The fourth-order valence-electron chi connectivity index (χ4n) is 1.59. The zero-order chi connectivity index (χ0) is 11.8. The molecule has 0 aliphatic carbocycles. The summed E-state index contributed by atoms with van der Waals surface area (Å²) >= 11 is 5.14. The molecule has 92 valence electrons. The van der Waals surface area contributed by atoms with Gasteiger partial charge in [-0.3, -0.25) is 14.5 Å². The Labute approximate surface area is 101 Å². The maximum atomic E-state index is 11.2. The molecule has 2 N–H and O–H groups in total. The third-order valence-corrected chi connectivity index (χ3v) is 2.70. The van der Waals surface area contributed by atoms with Crippen molar-refractivity contribution < 1.29 is 9.59 Å². The number of nitrogens with zero attached hydrogens (tertiary/aromatic N) is 1. The molecule has 0 atom stereocenters. The van der Waals surface area contributed by atoms with Gasteiger partial charge in [-0.15, -0.1) is 0 Å². The fraction of sp³-hybridized carbons (Fsp3) is 0.800. The van der Waals surface area contributed by atoms with Gasteiger partial charge in [0.1, 0.15) is 0 Å². The Morgan fingerprint density at radius 3 is 2.56 bits per heavy atom. The molecular weight excluding hydrogens is 230 g/mol. The van der Waals surface area contributed by atoms with E-state index in [0.717, 1.165) is 32.7 Å². The topological polar surface area (TPSA) is 61.4 Å². The summed E-state index contributed by atoms with van der Waals surface area (Å²) in [7, 11) is 0. The molecule has 5 nitrogen and oxygen atoms in total. The SMILES string of the molecule is O=C(Cl)CCC(=O)NCCN1CCNCC1. The summed E-state index contributed by atoms with van der Waals surface area (Å²) < 4.78 is 0. The highest BCUT2D eigenvalue weighted by Gasteiger charge is 2.09. The first-order valence-corrected chi connectivity index (χ1v) is 5.94. The highest BCUT2D eigenvalue weighted by atomic mass is 35.5. The molecule has 1 saturated heterocycles. The van der Waals surface area contributed by atoms with Crippen LogP contribution in [0.4, 0.5) is 0 Å². The predicted molar refractivity (Wildman–Crippen MR) is 62.4 cm³/mol. The Morgan fingerprint density at radius 2 is 1.94 bits per heavy atom. The molecule has 0 aromatic rings. The van der Waals surface area contributed by atoms with Crippen LogP contribution in [-0.2, 0) is 9.59 Å². The van der Waals surface area contributed by atoms with Crippen LogP contribution in [0.1, 0.15) is 12.8 Å². The smallest absolute Gasteiger partial charge is 0.222 e. The van der Waals surface area contributed by atoms with Crippen molar-refractivity contribution in [3.8, 4) is 0 Å². The lowest BCUT2D eigenvalue weighted by atomic mass is 10.3. The summed E-state index contributed by atoms with van der Waals surface area (Å²) in [6.07, 6.45) is 0.297. The highest BCUT2D eigenvalue weighted by Crippen LogP contribution is 1.94. The second-order valence-corrected chi connectivity index (χ2v) is 4.22. The molecule has 0 spiro atoms. The average Bonchev–Trinajstić information content (AvgIpc) is 2.28.